The number of hydrogen-bond acceptors (Lipinski definition) is 8. The summed E-state index contributed by atoms with van der Waals surface area (Å²) < 4.78 is 33.0. The minimum Gasteiger partial charge on any atom is -0.498 e. The molecule has 0 rings (SSSR count). The highest BCUT2D eigenvalue weighted by Crippen LogP contribution is 2.43. The van der Waals surface area contributed by atoms with Gasteiger partial charge in [0, 0.05) is 6.42 Å². The monoisotopic (exact) mass is 721 g/mol. The van der Waals surface area contributed by atoms with Crippen LogP contribution in [-0.4, -0.2) is 59.7 Å². The second kappa shape index (κ2) is 36.8. The van der Waals surface area contributed by atoms with E-state index in [1.54, 1.807) is 6.26 Å². The number of esters is 1. The smallest absolute Gasteiger partial charge is 0.472 e. The molecule has 49 heavy (non-hydrogen) atoms. The zero-order chi connectivity index (χ0) is 36.1. The fraction of sp³-hybridized carbons (Fsp3) is 0.923. The van der Waals surface area contributed by atoms with Crippen molar-refractivity contribution in [2.75, 3.05) is 26.4 Å². The van der Waals surface area contributed by atoms with Gasteiger partial charge >= 0.3 is 13.8 Å². The van der Waals surface area contributed by atoms with E-state index in [-0.39, 0.29) is 13.0 Å². The fourth-order valence-corrected chi connectivity index (χ4v) is 6.46. The highest BCUT2D eigenvalue weighted by Gasteiger charge is 2.26. The normalized spacial score (nSPS) is 14.2. The number of phosphoric acid groups is 1. The zero-order valence-electron chi connectivity index (χ0n) is 31.7. The van der Waals surface area contributed by atoms with Crippen molar-refractivity contribution in [1.29, 1.82) is 0 Å². The quantitative estimate of drug-likeness (QED) is 0.0246. The molecule has 0 spiro atoms. The number of hydrogen-bond donors (Lipinski definition) is 3. The molecular formula is C39H77O9P. The number of allylic oxidation sites excluding steroid dienone is 1. The Balaban J connectivity index is 4.22. The van der Waals surface area contributed by atoms with Crippen molar-refractivity contribution in [3.63, 3.8) is 0 Å². The van der Waals surface area contributed by atoms with Gasteiger partial charge in [0.15, 0.2) is 6.10 Å². The van der Waals surface area contributed by atoms with E-state index in [2.05, 4.69) is 13.8 Å². The molecular weight excluding hydrogens is 643 g/mol. The molecule has 0 aromatic carbocycles. The van der Waals surface area contributed by atoms with Gasteiger partial charge < -0.3 is 24.6 Å². The van der Waals surface area contributed by atoms with Crippen LogP contribution in [0.15, 0.2) is 12.3 Å². The zero-order valence-corrected chi connectivity index (χ0v) is 32.6. The highest BCUT2D eigenvalue weighted by atomic mass is 31.2. The van der Waals surface area contributed by atoms with Gasteiger partial charge in [0.05, 0.1) is 26.1 Å². The molecule has 0 aliphatic heterocycles. The molecule has 0 bridgehead atoms. The van der Waals surface area contributed by atoms with Crippen molar-refractivity contribution in [3.05, 3.63) is 12.3 Å². The van der Waals surface area contributed by atoms with Crippen molar-refractivity contribution in [2.45, 2.75) is 206 Å². The standard InChI is InChI=1S/C39H77O9P/c1-3-5-7-9-11-13-15-17-18-19-20-22-24-26-28-30-32-45-35-38(36-47-49(43,44)46-34-37(41)33-40)48-39(42)31-29-27-25-23-21-16-14-12-10-8-6-4-2/h30,32,37-38,40-41H,3-29,31,33-36H2,1-2H3,(H,43,44)/b32-30-/t37-,38+/m0/s1. The van der Waals surface area contributed by atoms with Crippen molar-refractivity contribution < 1.29 is 43.0 Å². The van der Waals surface area contributed by atoms with Crippen LogP contribution in [0.5, 0.6) is 0 Å². The Labute approximate surface area is 300 Å². The first-order valence-corrected chi connectivity index (χ1v) is 21.7. The lowest BCUT2D eigenvalue weighted by molar-refractivity contribution is -0.153. The van der Waals surface area contributed by atoms with Crippen molar-refractivity contribution in [3.8, 4) is 0 Å². The first-order chi connectivity index (χ1) is 23.8. The molecule has 10 heteroatoms. The van der Waals surface area contributed by atoms with Crippen LogP contribution in [0.3, 0.4) is 0 Å². The number of aliphatic hydroxyl groups is 2. The third-order valence-corrected chi connectivity index (χ3v) is 9.75. The van der Waals surface area contributed by atoms with Crippen LogP contribution in [0, 0.1) is 0 Å². The number of aliphatic hydroxyl groups excluding tert-OH is 2. The molecule has 1 unspecified atom stereocenters. The van der Waals surface area contributed by atoms with Crippen molar-refractivity contribution in [2.24, 2.45) is 0 Å². The SMILES string of the molecule is CCCCCCCCCCCCCCCC/C=C\OC[C@H](COP(=O)(O)OC[C@@H](O)CO)OC(=O)CCCCCCCCCCCCCC. The maximum absolute atomic E-state index is 12.5. The maximum atomic E-state index is 12.5. The van der Waals surface area contributed by atoms with Gasteiger partial charge in [-0.1, -0.05) is 168 Å². The van der Waals surface area contributed by atoms with Crippen LogP contribution >= 0.6 is 7.82 Å². The average Bonchev–Trinajstić information content (AvgIpc) is 3.09. The summed E-state index contributed by atoms with van der Waals surface area (Å²) in [4.78, 5) is 22.4. The summed E-state index contributed by atoms with van der Waals surface area (Å²) in [5.74, 6) is -0.403. The number of unbranched alkanes of at least 4 members (excludes halogenated alkanes) is 25. The number of ether oxygens (including phenoxy) is 2. The molecule has 0 aliphatic rings. The summed E-state index contributed by atoms with van der Waals surface area (Å²) in [7, 11) is -4.52. The predicted octanol–water partition coefficient (Wildman–Crippen LogP) is 10.9. The molecule has 3 atom stereocenters. The molecule has 0 saturated heterocycles. The van der Waals surface area contributed by atoms with Gasteiger partial charge in [0.25, 0.3) is 0 Å². The fourth-order valence-electron chi connectivity index (χ4n) is 5.67. The lowest BCUT2D eigenvalue weighted by atomic mass is 10.0. The molecule has 0 heterocycles. The van der Waals surface area contributed by atoms with E-state index in [0.29, 0.717) is 0 Å². The van der Waals surface area contributed by atoms with Gasteiger partial charge in [0.1, 0.15) is 12.7 Å². The van der Waals surface area contributed by atoms with E-state index in [9.17, 15) is 19.4 Å². The van der Waals surface area contributed by atoms with Crippen LogP contribution < -0.4 is 0 Å². The Bertz CT molecular complexity index is 780. The first kappa shape index (κ1) is 48.0. The maximum Gasteiger partial charge on any atom is 0.472 e. The Kier molecular flexibility index (Phi) is 36.1. The molecule has 9 nitrogen and oxygen atoms in total. The van der Waals surface area contributed by atoms with Crippen LogP contribution in [0.4, 0.5) is 0 Å². The number of carbonyl (C=O) groups is 1. The van der Waals surface area contributed by atoms with E-state index in [1.165, 1.54) is 141 Å². The van der Waals surface area contributed by atoms with E-state index < -0.39 is 45.8 Å². The Morgan fingerprint density at radius 2 is 1.02 bits per heavy atom. The largest absolute Gasteiger partial charge is 0.498 e. The minimum absolute atomic E-state index is 0.0291. The second-order valence-corrected chi connectivity index (χ2v) is 15.2. The van der Waals surface area contributed by atoms with Gasteiger partial charge in [0.2, 0.25) is 0 Å². The molecule has 0 radical (unpaired) electrons. The predicted molar refractivity (Wildman–Crippen MR) is 200 cm³/mol. The average molecular weight is 721 g/mol. The summed E-state index contributed by atoms with van der Waals surface area (Å²) >= 11 is 0. The third kappa shape index (κ3) is 36.6. The Hall–Kier alpha value is -0.960. The number of carbonyl (C=O) groups excluding carboxylic acids is 1. The Morgan fingerprint density at radius 3 is 1.47 bits per heavy atom. The lowest BCUT2D eigenvalue weighted by Crippen LogP contribution is -2.28. The van der Waals surface area contributed by atoms with Crippen LogP contribution in [-0.2, 0) is 27.9 Å². The molecule has 0 aromatic rings. The summed E-state index contributed by atoms with van der Waals surface area (Å²) in [6.07, 6.45) is 35.4. The molecule has 0 amide bonds. The first-order valence-electron chi connectivity index (χ1n) is 20.2. The van der Waals surface area contributed by atoms with E-state index >= 15 is 0 Å². The van der Waals surface area contributed by atoms with Gasteiger partial charge in [-0.2, -0.15) is 0 Å². The Morgan fingerprint density at radius 1 is 0.612 bits per heavy atom. The number of rotatable bonds is 39. The highest BCUT2D eigenvalue weighted by molar-refractivity contribution is 7.47. The van der Waals surface area contributed by atoms with Crippen molar-refractivity contribution in [1.82, 2.24) is 0 Å². The molecule has 0 aliphatic carbocycles. The van der Waals surface area contributed by atoms with Crippen LogP contribution in [0.1, 0.15) is 194 Å². The van der Waals surface area contributed by atoms with Gasteiger partial charge in [-0.15, -0.1) is 0 Å². The van der Waals surface area contributed by atoms with E-state index in [1.807, 2.05) is 6.08 Å². The van der Waals surface area contributed by atoms with Crippen molar-refractivity contribution >= 4 is 13.8 Å². The molecule has 0 saturated carbocycles. The number of phosphoric ester groups is 1. The second-order valence-electron chi connectivity index (χ2n) is 13.7. The van der Waals surface area contributed by atoms with Gasteiger partial charge in [-0.3, -0.25) is 13.8 Å². The summed E-state index contributed by atoms with van der Waals surface area (Å²) in [6, 6.07) is 0. The van der Waals surface area contributed by atoms with E-state index in [0.717, 1.165) is 32.1 Å². The van der Waals surface area contributed by atoms with E-state index in [4.69, 9.17) is 23.6 Å². The third-order valence-electron chi connectivity index (χ3n) is 8.80. The van der Waals surface area contributed by atoms with Gasteiger partial charge in [-0.05, 0) is 25.3 Å². The van der Waals surface area contributed by atoms with Crippen LogP contribution in [0.25, 0.3) is 0 Å². The molecule has 3 N–H and O–H groups in total. The lowest BCUT2D eigenvalue weighted by Gasteiger charge is -2.20. The molecule has 292 valence electrons. The molecule has 0 fully saturated rings. The van der Waals surface area contributed by atoms with Gasteiger partial charge in [-0.25, -0.2) is 4.57 Å². The molecule has 0 aromatic heterocycles. The summed E-state index contributed by atoms with van der Waals surface area (Å²) in [5, 5.41) is 18.3. The minimum atomic E-state index is -4.52. The summed E-state index contributed by atoms with van der Waals surface area (Å²) in [6.45, 7) is 2.90. The van der Waals surface area contributed by atoms with Crippen LogP contribution in [0.2, 0.25) is 0 Å². The topological polar surface area (TPSA) is 132 Å². The summed E-state index contributed by atoms with van der Waals surface area (Å²) in [5.41, 5.74) is 0.